The summed E-state index contributed by atoms with van der Waals surface area (Å²) in [4.78, 5) is 11.8. The summed E-state index contributed by atoms with van der Waals surface area (Å²) in [7, 11) is -2.39. The van der Waals surface area contributed by atoms with E-state index in [0.717, 1.165) is 0 Å². The van der Waals surface area contributed by atoms with Crippen LogP contribution in [0.5, 0.6) is 5.75 Å². The normalized spacial score (nSPS) is 11.2. The van der Waals surface area contributed by atoms with Crippen molar-refractivity contribution in [3.8, 4) is 5.75 Å². The van der Waals surface area contributed by atoms with Crippen molar-refractivity contribution >= 4 is 15.6 Å². The van der Waals surface area contributed by atoms with Crippen LogP contribution in [0.4, 0.5) is 0 Å². The maximum atomic E-state index is 12.2. The number of methoxy groups -OCH3 is 1. The Bertz CT molecular complexity index is 671. The van der Waals surface area contributed by atoms with Crippen LogP contribution in [0.15, 0.2) is 52.0 Å². The quantitative estimate of drug-likeness (QED) is 0.782. The van der Waals surface area contributed by atoms with Gasteiger partial charge >= 0.3 is 0 Å². The van der Waals surface area contributed by atoms with Gasteiger partial charge in [0.2, 0.25) is 5.78 Å². The smallest absolute Gasteiger partial charge is 0.213 e. The minimum absolute atomic E-state index is 0.00240. The van der Waals surface area contributed by atoms with Gasteiger partial charge in [-0.05, 0) is 24.3 Å². The molecule has 0 aliphatic carbocycles. The van der Waals surface area contributed by atoms with Crippen LogP contribution in [0.1, 0.15) is 10.6 Å². The van der Waals surface area contributed by atoms with Crippen molar-refractivity contribution in [2.24, 2.45) is 0 Å². The van der Waals surface area contributed by atoms with E-state index >= 15 is 0 Å². The SMILES string of the molecule is COc1ccccc1S(=O)(=O)CC(=O)c1ccco1. The van der Waals surface area contributed by atoms with Gasteiger partial charge in [0.25, 0.3) is 0 Å². The van der Waals surface area contributed by atoms with Crippen LogP contribution in [-0.4, -0.2) is 27.1 Å². The third-order valence-corrected chi connectivity index (χ3v) is 4.17. The van der Waals surface area contributed by atoms with E-state index in [0.29, 0.717) is 0 Å². The standard InChI is InChI=1S/C13H12O5S/c1-17-12-5-2-3-7-13(12)19(15,16)9-10(14)11-6-4-8-18-11/h2-8H,9H2,1H3. The Morgan fingerprint density at radius 1 is 1.21 bits per heavy atom. The summed E-state index contributed by atoms with van der Waals surface area (Å²) in [5.74, 6) is -0.995. The van der Waals surface area contributed by atoms with Crippen LogP contribution >= 0.6 is 0 Å². The van der Waals surface area contributed by atoms with Gasteiger partial charge in [0.05, 0.1) is 13.4 Å². The largest absolute Gasteiger partial charge is 0.495 e. The number of hydrogen-bond donors (Lipinski definition) is 0. The lowest BCUT2D eigenvalue weighted by Crippen LogP contribution is -2.16. The van der Waals surface area contributed by atoms with Crippen molar-refractivity contribution < 1.29 is 22.4 Å². The van der Waals surface area contributed by atoms with Crippen LogP contribution in [-0.2, 0) is 9.84 Å². The fraction of sp³-hybridized carbons (Fsp3) is 0.154. The van der Waals surface area contributed by atoms with Crippen molar-refractivity contribution in [1.82, 2.24) is 0 Å². The number of carbonyl (C=O) groups is 1. The van der Waals surface area contributed by atoms with Crippen LogP contribution in [0, 0.1) is 0 Å². The molecule has 0 saturated carbocycles. The average Bonchev–Trinajstić information content (AvgIpc) is 2.92. The monoisotopic (exact) mass is 280 g/mol. The van der Waals surface area contributed by atoms with E-state index in [4.69, 9.17) is 9.15 Å². The topological polar surface area (TPSA) is 73.6 Å². The number of sulfone groups is 1. The summed E-state index contributed by atoms with van der Waals surface area (Å²) in [5, 5.41) is 0. The second-order valence-corrected chi connectivity index (χ2v) is 5.77. The fourth-order valence-electron chi connectivity index (χ4n) is 1.63. The van der Waals surface area contributed by atoms with Gasteiger partial charge in [-0.2, -0.15) is 0 Å². The highest BCUT2D eigenvalue weighted by Gasteiger charge is 2.24. The van der Waals surface area contributed by atoms with E-state index in [1.54, 1.807) is 12.1 Å². The Hall–Kier alpha value is -2.08. The Labute approximate surface area is 110 Å². The molecule has 19 heavy (non-hydrogen) atoms. The second kappa shape index (κ2) is 5.27. The molecular weight excluding hydrogens is 268 g/mol. The van der Waals surface area contributed by atoms with Gasteiger partial charge in [0.15, 0.2) is 15.6 Å². The number of hydrogen-bond acceptors (Lipinski definition) is 5. The lowest BCUT2D eigenvalue weighted by molar-refractivity contribution is 0.0990. The minimum Gasteiger partial charge on any atom is -0.495 e. The Balaban J connectivity index is 2.31. The molecule has 0 saturated heterocycles. The maximum Gasteiger partial charge on any atom is 0.213 e. The summed E-state index contributed by atoms with van der Waals surface area (Å²) >= 11 is 0. The molecule has 0 bridgehead atoms. The maximum absolute atomic E-state index is 12.2. The molecule has 2 aromatic rings. The Morgan fingerprint density at radius 2 is 1.95 bits per heavy atom. The van der Waals surface area contributed by atoms with Crippen molar-refractivity contribution in [2.75, 3.05) is 12.9 Å². The van der Waals surface area contributed by atoms with Crippen molar-refractivity contribution in [2.45, 2.75) is 4.90 Å². The second-order valence-electron chi connectivity index (χ2n) is 3.81. The molecule has 1 heterocycles. The molecule has 6 heteroatoms. The molecule has 2 rings (SSSR count). The van der Waals surface area contributed by atoms with Crippen molar-refractivity contribution in [1.29, 1.82) is 0 Å². The third kappa shape index (κ3) is 2.85. The van der Waals surface area contributed by atoms with Gasteiger partial charge in [-0.3, -0.25) is 4.79 Å². The van der Waals surface area contributed by atoms with Gasteiger partial charge in [-0.25, -0.2) is 8.42 Å². The van der Waals surface area contributed by atoms with Gasteiger partial charge in [-0.15, -0.1) is 0 Å². The first-order valence-corrected chi connectivity index (χ1v) is 7.12. The van der Waals surface area contributed by atoms with E-state index < -0.39 is 21.4 Å². The van der Waals surface area contributed by atoms with Crippen LogP contribution in [0.3, 0.4) is 0 Å². The predicted molar refractivity (Wildman–Crippen MR) is 68.1 cm³/mol. The van der Waals surface area contributed by atoms with Gasteiger partial charge in [0, 0.05) is 0 Å². The number of para-hydroxylation sites is 1. The van der Waals surface area contributed by atoms with Crippen LogP contribution < -0.4 is 4.74 Å². The summed E-state index contributed by atoms with van der Waals surface area (Å²) < 4.78 is 34.2. The highest BCUT2D eigenvalue weighted by atomic mass is 32.2. The number of rotatable bonds is 5. The predicted octanol–water partition coefficient (Wildman–Crippen LogP) is 1.94. The van der Waals surface area contributed by atoms with E-state index in [1.807, 2.05) is 0 Å². The number of benzene rings is 1. The molecule has 100 valence electrons. The molecule has 5 nitrogen and oxygen atoms in total. The molecule has 1 aromatic carbocycles. The molecule has 1 aromatic heterocycles. The minimum atomic E-state index is -3.76. The summed E-state index contributed by atoms with van der Waals surface area (Å²) in [6.45, 7) is 0. The zero-order valence-electron chi connectivity index (χ0n) is 10.2. The molecular formula is C13H12O5S. The molecule has 0 amide bonds. The molecule has 0 unspecified atom stereocenters. The van der Waals surface area contributed by atoms with E-state index in [2.05, 4.69) is 0 Å². The van der Waals surface area contributed by atoms with Crippen molar-refractivity contribution in [3.63, 3.8) is 0 Å². The van der Waals surface area contributed by atoms with Gasteiger partial charge < -0.3 is 9.15 Å². The third-order valence-electron chi connectivity index (χ3n) is 2.52. The summed E-state index contributed by atoms with van der Waals surface area (Å²) in [6.07, 6.45) is 1.32. The lowest BCUT2D eigenvalue weighted by Gasteiger charge is -2.08. The highest BCUT2D eigenvalue weighted by Crippen LogP contribution is 2.24. The number of carbonyl (C=O) groups excluding carboxylic acids is 1. The van der Waals surface area contributed by atoms with E-state index in [1.165, 1.54) is 37.6 Å². The Morgan fingerprint density at radius 3 is 2.58 bits per heavy atom. The molecule has 0 fully saturated rings. The van der Waals surface area contributed by atoms with E-state index in [9.17, 15) is 13.2 Å². The number of ether oxygens (including phenoxy) is 1. The van der Waals surface area contributed by atoms with Crippen LogP contribution in [0.25, 0.3) is 0 Å². The number of Topliss-reactive ketones (excluding diaryl/α,β-unsaturated/α-hetero) is 1. The van der Waals surface area contributed by atoms with Gasteiger partial charge in [-0.1, -0.05) is 12.1 Å². The molecule has 0 aliphatic rings. The first-order valence-electron chi connectivity index (χ1n) is 5.47. The Kier molecular flexibility index (Phi) is 3.71. The lowest BCUT2D eigenvalue weighted by atomic mass is 10.3. The van der Waals surface area contributed by atoms with E-state index in [-0.39, 0.29) is 16.4 Å². The van der Waals surface area contributed by atoms with Crippen molar-refractivity contribution in [3.05, 3.63) is 48.4 Å². The molecule has 0 radical (unpaired) electrons. The molecule has 0 spiro atoms. The highest BCUT2D eigenvalue weighted by molar-refractivity contribution is 7.92. The molecule has 0 aliphatic heterocycles. The van der Waals surface area contributed by atoms with Gasteiger partial charge in [0.1, 0.15) is 16.4 Å². The fourth-order valence-corrected chi connectivity index (χ4v) is 3.02. The zero-order valence-corrected chi connectivity index (χ0v) is 11.0. The summed E-state index contributed by atoms with van der Waals surface area (Å²) in [6, 6.07) is 9.13. The molecule has 0 atom stereocenters. The zero-order chi connectivity index (χ0) is 13.9. The number of furan rings is 1. The first-order chi connectivity index (χ1) is 9.04. The number of ketones is 1. The summed E-state index contributed by atoms with van der Waals surface area (Å²) in [5.41, 5.74) is 0. The average molecular weight is 280 g/mol. The molecule has 0 N–H and O–H groups in total. The first kappa shape index (κ1) is 13.4. The van der Waals surface area contributed by atoms with Crippen LogP contribution in [0.2, 0.25) is 0 Å².